The standard InChI is InChI=1S/C12H13NO2.C9H10O3.C6H12/c1-8-3-5-10(6-4-8)12-13-11(7-14)9(2)15-12;1-6-3-2-4-7(5-10)8(6)9(11)12;1-2-4-6-5-3-1/h3-6,14H,7H2,1-2H3;2-4,10H,5H2,1H3,(H,11,12);1-6H2. The lowest BCUT2D eigenvalue weighted by Gasteiger charge is -2.05. The lowest BCUT2D eigenvalue weighted by atomic mass is 10.0. The van der Waals surface area contributed by atoms with Crippen LogP contribution in [0.4, 0.5) is 0 Å². The number of aryl methyl sites for hydroxylation is 3. The van der Waals surface area contributed by atoms with Gasteiger partial charge in [-0.25, -0.2) is 9.78 Å². The number of aromatic carboxylic acids is 1. The summed E-state index contributed by atoms with van der Waals surface area (Å²) in [5, 5.41) is 26.6. The lowest BCUT2D eigenvalue weighted by Crippen LogP contribution is -2.04. The molecular formula is C27H35NO5. The normalized spacial score (nSPS) is 12.8. The fourth-order valence-electron chi connectivity index (χ4n) is 3.62. The molecule has 1 aliphatic rings. The number of carbonyl (C=O) groups is 1. The first-order valence-corrected chi connectivity index (χ1v) is 11.4. The number of rotatable bonds is 4. The molecule has 6 heteroatoms. The monoisotopic (exact) mass is 453 g/mol. The molecule has 1 aliphatic carbocycles. The molecule has 0 spiro atoms. The third kappa shape index (κ3) is 8.15. The van der Waals surface area contributed by atoms with Crippen molar-refractivity contribution in [2.75, 3.05) is 0 Å². The first-order chi connectivity index (χ1) is 15.9. The molecule has 1 fully saturated rings. The number of carboxylic acid groups (broad SMARTS) is 1. The van der Waals surface area contributed by atoms with Gasteiger partial charge in [0.1, 0.15) is 11.5 Å². The van der Waals surface area contributed by atoms with Crippen molar-refractivity contribution in [3.63, 3.8) is 0 Å². The van der Waals surface area contributed by atoms with Crippen molar-refractivity contribution < 1.29 is 24.5 Å². The maximum atomic E-state index is 10.7. The number of aliphatic hydroxyl groups excluding tert-OH is 2. The molecule has 1 aromatic heterocycles. The molecule has 4 rings (SSSR count). The van der Waals surface area contributed by atoms with E-state index in [4.69, 9.17) is 19.7 Å². The topological polar surface area (TPSA) is 104 Å². The van der Waals surface area contributed by atoms with E-state index in [1.54, 1.807) is 32.0 Å². The maximum Gasteiger partial charge on any atom is 0.336 e. The summed E-state index contributed by atoms with van der Waals surface area (Å²) in [5.74, 6) is 0.252. The number of benzene rings is 2. The Morgan fingerprint density at radius 3 is 1.88 bits per heavy atom. The van der Waals surface area contributed by atoms with Gasteiger partial charge in [-0.15, -0.1) is 0 Å². The number of hydrogen-bond acceptors (Lipinski definition) is 5. The molecule has 0 saturated heterocycles. The highest BCUT2D eigenvalue weighted by atomic mass is 16.4. The van der Waals surface area contributed by atoms with Gasteiger partial charge in [0.15, 0.2) is 0 Å². The second-order valence-electron chi connectivity index (χ2n) is 8.24. The lowest BCUT2D eigenvalue weighted by molar-refractivity contribution is 0.0692. The zero-order valence-electron chi connectivity index (χ0n) is 19.8. The molecule has 6 nitrogen and oxygen atoms in total. The molecule has 0 atom stereocenters. The summed E-state index contributed by atoms with van der Waals surface area (Å²) in [7, 11) is 0. The van der Waals surface area contributed by atoms with E-state index in [-0.39, 0.29) is 18.8 Å². The van der Waals surface area contributed by atoms with Crippen LogP contribution in [0.3, 0.4) is 0 Å². The van der Waals surface area contributed by atoms with Gasteiger partial charge in [0.25, 0.3) is 0 Å². The summed E-state index contributed by atoms with van der Waals surface area (Å²) in [5.41, 5.74) is 4.08. The minimum Gasteiger partial charge on any atom is -0.478 e. The van der Waals surface area contributed by atoms with Gasteiger partial charge >= 0.3 is 5.97 Å². The summed E-state index contributed by atoms with van der Waals surface area (Å²) < 4.78 is 5.46. The van der Waals surface area contributed by atoms with Crippen LogP contribution in [0, 0.1) is 20.8 Å². The second-order valence-corrected chi connectivity index (χ2v) is 8.24. The molecule has 3 N–H and O–H groups in total. The summed E-state index contributed by atoms with van der Waals surface area (Å²) >= 11 is 0. The number of oxazole rings is 1. The summed E-state index contributed by atoms with van der Waals surface area (Å²) in [6.07, 6.45) is 9.00. The van der Waals surface area contributed by atoms with Crippen LogP contribution < -0.4 is 0 Å². The predicted octanol–water partition coefficient (Wildman–Crippen LogP) is 5.98. The highest BCUT2D eigenvalue weighted by molar-refractivity contribution is 5.91. The van der Waals surface area contributed by atoms with Crippen LogP contribution in [0.5, 0.6) is 0 Å². The van der Waals surface area contributed by atoms with E-state index < -0.39 is 5.97 Å². The number of aromatic nitrogens is 1. The Kier molecular flexibility index (Phi) is 10.8. The second kappa shape index (κ2) is 13.6. The van der Waals surface area contributed by atoms with Gasteiger partial charge in [-0.05, 0) is 44.0 Å². The molecule has 0 bridgehead atoms. The highest BCUT2D eigenvalue weighted by Gasteiger charge is 2.11. The summed E-state index contributed by atoms with van der Waals surface area (Å²) in [6.45, 7) is 5.23. The van der Waals surface area contributed by atoms with Crippen molar-refractivity contribution in [1.29, 1.82) is 0 Å². The molecule has 33 heavy (non-hydrogen) atoms. The molecule has 2 aromatic carbocycles. The highest BCUT2D eigenvalue weighted by Crippen LogP contribution is 2.22. The van der Waals surface area contributed by atoms with Crippen LogP contribution in [0.15, 0.2) is 46.9 Å². The minimum atomic E-state index is -0.989. The van der Waals surface area contributed by atoms with Gasteiger partial charge in [-0.2, -0.15) is 0 Å². The van der Waals surface area contributed by atoms with Crippen LogP contribution >= 0.6 is 0 Å². The van der Waals surface area contributed by atoms with Crippen molar-refractivity contribution in [2.24, 2.45) is 0 Å². The Balaban J connectivity index is 0.000000191. The smallest absolute Gasteiger partial charge is 0.336 e. The first kappa shape index (κ1) is 26.3. The van der Waals surface area contributed by atoms with E-state index in [1.165, 1.54) is 44.1 Å². The molecule has 0 radical (unpaired) electrons. The first-order valence-electron chi connectivity index (χ1n) is 11.4. The quantitative estimate of drug-likeness (QED) is 0.449. The van der Waals surface area contributed by atoms with E-state index in [1.807, 2.05) is 31.2 Å². The van der Waals surface area contributed by atoms with Gasteiger partial charge in [-0.3, -0.25) is 0 Å². The SMILES string of the molecule is C1CCCCC1.Cc1ccc(-c2nc(CO)c(C)o2)cc1.Cc1cccc(CO)c1C(=O)O. The Morgan fingerprint density at radius 2 is 1.45 bits per heavy atom. The van der Waals surface area contributed by atoms with Crippen molar-refractivity contribution in [3.8, 4) is 11.5 Å². The van der Waals surface area contributed by atoms with Gasteiger partial charge in [0, 0.05) is 5.56 Å². The molecule has 0 aliphatic heterocycles. The van der Waals surface area contributed by atoms with Gasteiger partial charge in [0.05, 0.1) is 18.8 Å². The average Bonchev–Trinajstić information content (AvgIpc) is 3.21. The molecular weight excluding hydrogens is 418 g/mol. The summed E-state index contributed by atoms with van der Waals surface area (Å²) in [6, 6.07) is 13.0. The Morgan fingerprint density at radius 1 is 0.879 bits per heavy atom. The molecule has 1 heterocycles. The molecule has 1 saturated carbocycles. The molecule has 0 unspecified atom stereocenters. The Bertz CT molecular complexity index is 992. The fourth-order valence-corrected chi connectivity index (χ4v) is 3.62. The van der Waals surface area contributed by atoms with Crippen LogP contribution in [0.25, 0.3) is 11.5 Å². The van der Waals surface area contributed by atoms with Crippen molar-refractivity contribution in [3.05, 3.63) is 76.2 Å². The minimum absolute atomic E-state index is 0.0821. The summed E-state index contributed by atoms with van der Waals surface area (Å²) in [4.78, 5) is 14.9. The van der Waals surface area contributed by atoms with E-state index in [2.05, 4.69) is 4.98 Å². The van der Waals surface area contributed by atoms with Crippen LogP contribution in [-0.4, -0.2) is 26.3 Å². The molecule has 3 aromatic rings. The maximum absolute atomic E-state index is 10.7. The van der Waals surface area contributed by atoms with E-state index in [0.29, 0.717) is 28.5 Å². The number of nitrogens with zero attached hydrogens (tertiary/aromatic N) is 1. The van der Waals surface area contributed by atoms with Gasteiger partial charge in [-0.1, -0.05) is 74.4 Å². The Labute approximate surface area is 195 Å². The van der Waals surface area contributed by atoms with E-state index >= 15 is 0 Å². The van der Waals surface area contributed by atoms with Crippen LogP contribution in [-0.2, 0) is 13.2 Å². The van der Waals surface area contributed by atoms with E-state index in [9.17, 15) is 4.79 Å². The third-order valence-corrected chi connectivity index (χ3v) is 5.58. The van der Waals surface area contributed by atoms with Crippen molar-refractivity contribution in [1.82, 2.24) is 4.98 Å². The molecule has 178 valence electrons. The zero-order chi connectivity index (χ0) is 24.2. The number of aliphatic hydroxyl groups is 2. The van der Waals surface area contributed by atoms with Crippen LogP contribution in [0.2, 0.25) is 0 Å². The average molecular weight is 454 g/mol. The number of carboxylic acids is 1. The van der Waals surface area contributed by atoms with Gasteiger partial charge < -0.3 is 19.7 Å². The largest absolute Gasteiger partial charge is 0.478 e. The van der Waals surface area contributed by atoms with Gasteiger partial charge in [0.2, 0.25) is 5.89 Å². The fraction of sp³-hybridized carbons (Fsp3) is 0.407. The van der Waals surface area contributed by atoms with Crippen LogP contribution in [0.1, 0.15) is 77.0 Å². The predicted molar refractivity (Wildman–Crippen MR) is 129 cm³/mol. The third-order valence-electron chi connectivity index (χ3n) is 5.58. The zero-order valence-corrected chi connectivity index (χ0v) is 19.8. The van der Waals surface area contributed by atoms with E-state index in [0.717, 1.165) is 5.56 Å². The van der Waals surface area contributed by atoms with Crippen molar-refractivity contribution >= 4 is 5.97 Å². The van der Waals surface area contributed by atoms with Crippen molar-refractivity contribution in [2.45, 2.75) is 72.5 Å². The molecule has 0 amide bonds. The Hall–Kier alpha value is -2.96. The number of hydrogen-bond donors (Lipinski definition) is 3.